The SMILES string of the molecule is O=C(OCc1ccccc1[N+](=O)[O-])c1cccc(S(=O)(=O)N2CCOCC2)c1. The molecule has 0 aromatic heterocycles. The van der Waals surface area contributed by atoms with Gasteiger partial charge in [-0.25, -0.2) is 13.2 Å². The molecular weight excluding hydrogens is 388 g/mol. The number of benzene rings is 2. The van der Waals surface area contributed by atoms with Crippen LogP contribution in [0.3, 0.4) is 0 Å². The molecule has 0 unspecified atom stereocenters. The molecule has 1 aliphatic rings. The van der Waals surface area contributed by atoms with Crippen molar-refractivity contribution in [2.45, 2.75) is 11.5 Å². The highest BCUT2D eigenvalue weighted by molar-refractivity contribution is 7.89. The first-order valence-electron chi connectivity index (χ1n) is 8.47. The van der Waals surface area contributed by atoms with E-state index in [0.717, 1.165) is 0 Å². The van der Waals surface area contributed by atoms with Crippen LogP contribution in [0.4, 0.5) is 5.69 Å². The summed E-state index contributed by atoms with van der Waals surface area (Å²) in [6, 6.07) is 11.5. The highest BCUT2D eigenvalue weighted by atomic mass is 32.2. The lowest BCUT2D eigenvalue weighted by molar-refractivity contribution is -0.385. The summed E-state index contributed by atoms with van der Waals surface area (Å²) < 4.78 is 37.0. The van der Waals surface area contributed by atoms with Gasteiger partial charge in [-0.15, -0.1) is 0 Å². The summed E-state index contributed by atoms with van der Waals surface area (Å²) in [6.07, 6.45) is 0. The number of ether oxygens (including phenoxy) is 2. The Hall–Kier alpha value is -2.82. The number of hydrogen-bond acceptors (Lipinski definition) is 7. The smallest absolute Gasteiger partial charge is 0.338 e. The Bertz CT molecular complexity index is 985. The van der Waals surface area contributed by atoms with E-state index in [4.69, 9.17) is 9.47 Å². The van der Waals surface area contributed by atoms with Gasteiger partial charge in [0.2, 0.25) is 10.0 Å². The number of hydrogen-bond donors (Lipinski definition) is 0. The van der Waals surface area contributed by atoms with Gasteiger partial charge in [0.1, 0.15) is 6.61 Å². The molecule has 1 aliphatic heterocycles. The van der Waals surface area contributed by atoms with Crippen molar-refractivity contribution in [3.63, 3.8) is 0 Å². The molecule has 148 valence electrons. The molecular formula is C18H18N2O7S. The topological polar surface area (TPSA) is 116 Å². The molecule has 0 spiro atoms. The Balaban J connectivity index is 1.75. The minimum absolute atomic E-state index is 0.0189. The zero-order valence-electron chi connectivity index (χ0n) is 14.8. The second-order valence-corrected chi connectivity index (χ2v) is 7.94. The van der Waals surface area contributed by atoms with E-state index in [0.29, 0.717) is 13.2 Å². The maximum Gasteiger partial charge on any atom is 0.338 e. The molecule has 0 amide bonds. The number of esters is 1. The maximum absolute atomic E-state index is 12.7. The van der Waals surface area contributed by atoms with Crippen LogP contribution in [0, 0.1) is 10.1 Å². The van der Waals surface area contributed by atoms with E-state index in [1.54, 1.807) is 6.07 Å². The van der Waals surface area contributed by atoms with Gasteiger partial charge in [-0.1, -0.05) is 18.2 Å². The first-order valence-corrected chi connectivity index (χ1v) is 9.91. The Morgan fingerprint density at radius 3 is 2.57 bits per heavy atom. The zero-order valence-corrected chi connectivity index (χ0v) is 15.6. The average Bonchev–Trinajstić information content (AvgIpc) is 2.73. The van der Waals surface area contributed by atoms with Crippen LogP contribution in [0.5, 0.6) is 0 Å². The number of rotatable bonds is 6. The number of nitrogens with zero attached hydrogens (tertiary/aromatic N) is 2. The van der Waals surface area contributed by atoms with Crippen molar-refractivity contribution >= 4 is 21.7 Å². The van der Waals surface area contributed by atoms with Gasteiger partial charge in [0.05, 0.1) is 34.2 Å². The molecule has 1 saturated heterocycles. The summed E-state index contributed by atoms with van der Waals surface area (Å²) in [5, 5.41) is 11.0. The summed E-state index contributed by atoms with van der Waals surface area (Å²) in [6.45, 7) is 0.827. The van der Waals surface area contributed by atoms with Gasteiger partial charge in [0, 0.05) is 19.2 Å². The van der Waals surface area contributed by atoms with E-state index in [1.165, 1.54) is 46.8 Å². The predicted molar refractivity (Wildman–Crippen MR) is 98.2 cm³/mol. The number of nitro groups is 1. The van der Waals surface area contributed by atoms with E-state index in [-0.39, 0.29) is 41.4 Å². The van der Waals surface area contributed by atoms with Crippen LogP contribution in [0.25, 0.3) is 0 Å². The fraction of sp³-hybridized carbons (Fsp3) is 0.278. The molecule has 9 nitrogen and oxygen atoms in total. The second-order valence-electron chi connectivity index (χ2n) is 6.01. The lowest BCUT2D eigenvalue weighted by Gasteiger charge is -2.26. The van der Waals surface area contributed by atoms with E-state index < -0.39 is 20.9 Å². The van der Waals surface area contributed by atoms with Crippen LogP contribution < -0.4 is 0 Å². The van der Waals surface area contributed by atoms with Crippen molar-refractivity contribution in [3.8, 4) is 0 Å². The molecule has 0 radical (unpaired) electrons. The average molecular weight is 406 g/mol. The van der Waals surface area contributed by atoms with Gasteiger partial charge < -0.3 is 9.47 Å². The summed E-state index contributed by atoms with van der Waals surface area (Å²) in [4.78, 5) is 22.8. The normalized spacial score (nSPS) is 15.1. The monoisotopic (exact) mass is 406 g/mol. The van der Waals surface area contributed by atoms with E-state index in [9.17, 15) is 23.3 Å². The van der Waals surface area contributed by atoms with Crippen molar-refractivity contribution in [2.75, 3.05) is 26.3 Å². The first kappa shape index (κ1) is 19.9. The molecule has 0 bridgehead atoms. The van der Waals surface area contributed by atoms with Crippen LogP contribution in [-0.4, -0.2) is 49.9 Å². The van der Waals surface area contributed by atoms with Gasteiger partial charge in [-0.2, -0.15) is 4.31 Å². The third-order valence-electron chi connectivity index (χ3n) is 4.22. The minimum Gasteiger partial charge on any atom is -0.457 e. The lowest BCUT2D eigenvalue weighted by atomic mass is 10.2. The Morgan fingerprint density at radius 2 is 1.86 bits per heavy atom. The third kappa shape index (κ3) is 4.35. The first-order chi connectivity index (χ1) is 13.4. The summed E-state index contributed by atoms with van der Waals surface area (Å²) in [5.41, 5.74) is 0.143. The van der Waals surface area contributed by atoms with E-state index in [2.05, 4.69) is 0 Å². The predicted octanol–water partition coefficient (Wildman–Crippen LogP) is 1.97. The molecule has 2 aromatic carbocycles. The Kier molecular flexibility index (Phi) is 6.02. The molecule has 0 N–H and O–H groups in total. The van der Waals surface area contributed by atoms with E-state index in [1.807, 2.05) is 0 Å². The van der Waals surface area contributed by atoms with Gasteiger partial charge >= 0.3 is 5.97 Å². The fourth-order valence-corrected chi connectivity index (χ4v) is 4.21. The van der Waals surface area contributed by atoms with Crippen LogP contribution in [0.1, 0.15) is 15.9 Å². The Labute approximate surface area is 161 Å². The van der Waals surface area contributed by atoms with Crippen LogP contribution in [0.2, 0.25) is 0 Å². The quantitative estimate of drug-likeness (QED) is 0.409. The summed E-state index contributed by atoms with van der Waals surface area (Å²) >= 11 is 0. The highest BCUT2D eigenvalue weighted by Gasteiger charge is 2.27. The third-order valence-corrected chi connectivity index (χ3v) is 6.12. The van der Waals surface area contributed by atoms with Crippen molar-refractivity contribution in [1.29, 1.82) is 0 Å². The molecule has 3 rings (SSSR count). The van der Waals surface area contributed by atoms with Crippen molar-refractivity contribution < 1.29 is 27.6 Å². The highest BCUT2D eigenvalue weighted by Crippen LogP contribution is 2.21. The van der Waals surface area contributed by atoms with Gasteiger partial charge in [0.25, 0.3) is 5.69 Å². The lowest BCUT2D eigenvalue weighted by Crippen LogP contribution is -2.40. The van der Waals surface area contributed by atoms with Crippen molar-refractivity contribution in [1.82, 2.24) is 4.31 Å². The van der Waals surface area contributed by atoms with E-state index >= 15 is 0 Å². The van der Waals surface area contributed by atoms with Gasteiger partial charge in [-0.05, 0) is 24.3 Å². The van der Waals surface area contributed by atoms with Gasteiger partial charge in [0.15, 0.2) is 0 Å². The molecule has 0 saturated carbocycles. The van der Waals surface area contributed by atoms with Crippen molar-refractivity contribution in [3.05, 3.63) is 69.8 Å². The zero-order chi connectivity index (χ0) is 20.1. The van der Waals surface area contributed by atoms with Crippen molar-refractivity contribution in [2.24, 2.45) is 0 Å². The van der Waals surface area contributed by atoms with Crippen LogP contribution >= 0.6 is 0 Å². The summed E-state index contributed by atoms with van der Waals surface area (Å²) in [7, 11) is -3.75. The molecule has 1 fully saturated rings. The standard InChI is InChI=1S/C18H18N2O7S/c21-18(27-13-15-4-1-2-7-17(15)20(22)23)14-5-3-6-16(12-14)28(24,25)19-8-10-26-11-9-19/h1-7,12H,8-11,13H2. The fourth-order valence-electron chi connectivity index (χ4n) is 2.76. The largest absolute Gasteiger partial charge is 0.457 e. The number of morpholine rings is 1. The molecule has 0 atom stereocenters. The molecule has 0 aliphatic carbocycles. The van der Waals surface area contributed by atoms with Gasteiger partial charge in [-0.3, -0.25) is 10.1 Å². The van der Waals surface area contributed by atoms with Crippen LogP contribution in [0.15, 0.2) is 53.4 Å². The molecule has 10 heteroatoms. The number of para-hydroxylation sites is 1. The minimum atomic E-state index is -3.75. The Morgan fingerprint density at radius 1 is 1.14 bits per heavy atom. The second kappa shape index (κ2) is 8.46. The maximum atomic E-state index is 12.7. The molecule has 28 heavy (non-hydrogen) atoms. The summed E-state index contributed by atoms with van der Waals surface area (Å²) in [5.74, 6) is -0.767. The van der Waals surface area contributed by atoms with Crippen LogP contribution in [-0.2, 0) is 26.1 Å². The number of carbonyl (C=O) groups is 1. The number of nitro benzene ring substituents is 1. The number of carbonyl (C=O) groups excluding carboxylic acids is 1. The molecule has 1 heterocycles. The molecule has 2 aromatic rings. The number of sulfonamides is 1.